The number of benzene rings is 3. The molecule has 0 aliphatic carbocycles. The predicted octanol–water partition coefficient (Wildman–Crippen LogP) is 6.71. The van der Waals surface area contributed by atoms with Gasteiger partial charge in [0.1, 0.15) is 18.2 Å². The van der Waals surface area contributed by atoms with Crippen molar-refractivity contribution in [2.45, 2.75) is 13.5 Å². The zero-order valence-corrected chi connectivity index (χ0v) is 22.2. The maximum atomic E-state index is 15.2. The molecule has 202 valence electrons. The van der Waals surface area contributed by atoms with E-state index in [9.17, 15) is 23.6 Å². The molecule has 1 aliphatic rings. The Balaban J connectivity index is 1.78. The van der Waals surface area contributed by atoms with Crippen LogP contribution in [0.3, 0.4) is 0 Å². The van der Waals surface area contributed by atoms with Crippen LogP contribution in [0.5, 0.6) is 0 Å². The Bertz CT molecular complexity index is 1500. The Morgan fingerprint density at radius 2 is 1.67 bits per heavy atom. The second kappa shape index (κ2) is 11.6. The molecule has 0 radical (unpaired) electrons. The van der Waals surface area contributed by atoms with E-state index in [1.165, 1.54) is 6.92 Å². The SMILES string of the molecule is CCOC(=O)C1C(=O)c2cc(Cl)c(Cl)c(Cl)c2N(c2cc(NC(=O)OCc3ccccc3)c(F)cc2F)C1=O. The minimum absolute atomic E-state index is 0.140. The van der Waals surface area contributed by atoms with Gasteiger partial charge >= 0.3 is 12.1 Å². The van der Waals surface area contributed by atoms with Crippen molar-refractivity contribution >= 4 is 75.6 Å². The average molecular weight is 598 g/mol. The highest BCUT2D eigenvalue weighted by Crippen LogP contribution is 2.48. The van der Waals surface area contributed by atoms with Gasteiger partial charge in [0.2, 0.25) is 0 Å². The Labute approximate surface area is 235 Å². The summed E-state index contributed by atoms with van der Waals surface area (Å²) >= 11 is 18.5. The molecule has 0 saturated carbocycles. The van der Waals surface area contributed by atoms with Crippen LogP contribution in [0.15, 0.2) is 48.5 Å². The van der Waals surface area contributed by atoms with Crippen LogP contribution in [0.25, 0.3) is 0 Å². The molecule has 1 aliphatic heterocycles. The monoisotopic (exact) mass is 596 g/mol. The molecule has 8 nitrogen and oxygen atoms in total. The molecule has 0 spiro atoms. The molecule has 39 heavy (non-hydrogen) atoms. The third-order valence-electron chi connectivity index (χ3n) is 5.60. The van der Waals surface area contributed by atoms with Crippen LogP contribution in [-0.2, 0) is 25.7 Å². The van der Waals surface area contributed by atoms with Gasteiger partial charge in [-0.1, -0.05) is 65.1 Å². The Morgan fingerprint density at radius 3 is 2.33 bits per heavy atom. The van der Waals surface area contributed by atoms with Crippen molar-refractivity contribution in [3.05, 3.63) is 86.4 Å². The van der Waals surface area contributed by atoms with Gasteiger partial charge in [-0.3, -0.25) is 24.6 Å². The summed E-state index contributed by atoms with van der Waals surface area (Å²) in [5, 5.41) is 1.31. The minimum Gasteiger partial charge on any atom is -0.465 e. The van der Waals surface area contributed by atoms with Crippen molar-refractivity contribution in [1.82, 2.24) is 0 Å². The van der Waals surface area contributed by atoms with Gasteiger partial charge in [-0.05, 0) is 24.6 Å². The highest BCUT2D eigenvalue weighted by Gasteiger charge is 2.48. The summed E-state index contributed by atoms with van der Waals surface area (Å²) in [6.45, 7) is 1.16. The van der Waals surface area contributed by atoms with E-state index in [2.05, 4.69) is 5.32 Å². The van der Waals surface area contributed by atoms with Crippen LogP contribution >= 0.6 is 34.8 Å². The summed E-state index contributed by atoms with van der Waals surface area (Å²) in [5.74, 6) is -7.96. The molecule has 1 heterocycles. The molecule has 0 aromatic heterocycles. The molecule has 1 atom stereocenters. The smallest absolute Gasteiger partial charge is 0.412 e. The van der Waals surface area contributed by atoms with Crippen LogP contribution < -0.4 is 10.2 Å². The third-order valence-corrected chi connectivity index (χ3v) is 6.86. The van der Waals surface area contributed by atoms with E-state index >= 15 is 4.39 Å². The number of ketones is 1. The number of fused-ring (bicyclic) bond motifs is 1. The number of anilines is 3. The van der Waals surface area contributed by atoms with Gasteiger partial charge in [0, 0.05) is 11.6 Å². The van der Waals surface area contributed by atoms with E-state index in [-0.39, 0.29) is 34.5 Å². The fourth-order valence-electron chi connectivity index (χ4n) is 3.85. The maximum absolute atomic E-state index is 15.2. The van der Waals surface area contributed by atoms with Gasteiger partial charge in [0.15, 0.2) is 11.7 Å². The number of rotatable bonds is 6. The van der Waals surface area contributed by atoms with Crippen LogP contribution in [0.4, 0.5) is 30.6 Å². The normalized spacial score (nSPS) is 14.6. The Morgan fingerprint density at radius 1 is 0.974 bits per heavy atom. The lowest BCUT2D eigenvalue weighted by Crippen LogP contribution is -2.47. The number of Topliss-reactive ketones (excluding diaryl/α,β-unsaturated/α-hetero) is 1. The first-order chi connectivity index (χ1) is 18.5. The number of nitrogens with one attached hydrogen (secondary N) is 1. The summed E-state index contributed by atoms with van der Waals surface area (Å²) in [5.41, 5.74) is -1.27. The van der Waals surface area contributed by atoms with Crippen LogP contribution in [0, 0.1) is 17.6 Å². The van der Waals surface area contributed by atoms with E-state index in [1.807, 2.05) is 0 Å². The predicted molar refractivity (Wildman–Crippen MR) is 140 cm³/mol. The number of hydrogen-bond donors (Lipinski definition) is 1. The fraction of sp³-hybridized carbons (Fsp3) is 0.154. The van der Waals surface area contributed by atoms with Crippen molar-refractivity contribution in [2.75, 3.05) is 16.8 Å². The van der Waals surface area contributed by atoms with E-state index < -0.39 is 57.7 Å². The van der Waals surface area contributed by atoms with Gasteiger partial charge in [-0.2, -0.15) is 0 Å². The summed E-state index contributed by atoms with van der Waals surface area (Å²) in [6.07, 6.45) is -1.08. The first-order valence-electron chi connectivity index (χ1n) is 11.2. The summed E-state index contributed by atoms with van der Waals surface area (Å²) in [4.78, 5) is 52.1. The zero-order valence-electron chi connectivity index (χ0n) is 19.9. The number of amides is 2. The molecule has 4 rings (SSSR count). The summed E-state index contributed by atoms with van der Waals surface area (Å²) in [7, 11) is 0. The van der Waals surface area contributed by atoms with E-state index in [0.717, 1.165) is 12.1 Å². The van der Waals surface area contributed by atoms with Crippen LogP contribution in [0.2, 0.25) is 15.1 Å². The molecule has 13 heteroatoms. The molecule has 1 unspecified atom stereocenters. The maximum Gasteiger partial charge on any atom is 0.412 e. The van der Waals surface area contributed by atoms with Crippen molar-refractivity contribution in [1.29, 1.82) is 0 Å². The second-order valence-electron chi connectivity index (χ2n) is 8.08. The number of carbonyl (C=O) groups excluding carboxylic acids is 4. The lowest BCUT2D eigenvalue weighted by Gasteiger charge is -2.33. The van der Waals surface area contributed by atoms with E-state index in [4.69, 9.17) is 44.3 Å². The first kappa shape index (κ1) is 28.3. The lowest BCUT2D eigenvalue weighted by molar-refractivity contribution is -0.149. The highest BCUT2D eigenvalue weighted by molar-refractivity contribution is 6.51. The van der Waals surface area contributed by atoms with Gasteiger partial charge in [-0.15, -0.1) is 0 Å². The molecular weight excluding hydrogens is 581 g/mol. The fourth-order valence-corrected chi connectivity index (χ4v) is 4.53. The molecule has 0 saturated heterocycles. The quantitative estimate of drug-likeness (QED) is 0.192. The lowest BCUT2D eigenvalue weighted by atomic mass is 9.89. The van der Waals surface area contributed by atoms with Crippen molar-refractivity contribution in [3.63, 3.8) is 0 Å². The zero-order chi connectivity index (χ0) is 28.4. The third kappa shape index (κ3) is 5.54. The summed E-state index contributed by atoms with van der Waals surface area (Å²) in [6, 6.07) is 10.9. The highest BCUT2D eigenvalue weighted by atomic mass is 35.5. The number of nitrogens with zero attached hydrogens (tertiary/aromatic N) is 1. The number of carbonyl (C=O) groups is 4. The molecule has 3 aromatic rings. The Kier molecular flexibility index (Phi) is 8.39. The van der Waals surface area contributed by atoms with Gasteiger partial charge in [0.25, 0.3) is 5.91 Å². The molecule has 1 N–H and O–H groups in total. The second-order valence-corrected chi connectivity index (χ2v) is 9.24. The van der Waals surface area contributed by atoms with Gasteiger partial charge in [0.05, 0.1) is 38.7 Å². The van der Waals surface area contributed by atoms with Crippen molar-refractivity contribution < 1.29 is 37.4 Å². The van der Waals surface area contributed by atoms with Gasteiger partial charge in [-0.25, -0.2) is 13.6 Å². The number of halogens is 5. The average Bonchev–Trinajstić information content (AvgIpc) is 2.90. The number of ether oxygens (including phenoxy) is 2. The van der Waals surface area contributed by atoms with E-state index in [1.54, 1.807) is 30.3 Å². The topological polar surface area (TPSA) is 102 Å². The van der Waals surface area contributed by atoms with Crippen molar-refractivity contribution in [2.24, 2.45) is 5.92 Å². The molecule has 0 fully saturated rings. The summed E-state index contributed by atoms with van der Waals surface area (Å²) < 4.78 is 39.8. The minimum atomic E-state index is -2.04. The van der Waals surface area contributed by atoms with Crippen LogP contribution in [0.1, 0.15) is 22.8 Å². The van der Waals surface area contributed by atoms with Crippen molar-refractivity contribution in [3.8, 4) is 0 Å². The Hall–Kier alpha value is -3.73. The first-order valence-corrected chi connectivity index (χ1v) is 12.4. The van der Waals surface area contributed by atoms with Crippen LogP contribution in [-0.4, -0.2) is 30.4 Å². The van der Waals surface area contributed by atoms with E-state index in [0.29, 0.717) is 16.5 Å². The number of hydrogen-bond acceptors (Lipinski definition) is 6. The molecule has 3 aromatic carbocycles. The number of esters is 1. The molecular formula is C26H17Cl3F2N2O6. The standard InChI is InChI=1S/C26H17Cl3F2N2O6/c1-2-38-25(36)19-23(34)13-8-14(27)20(28)21(29)22(13)33(24(19)35)18-10-17(15(30)9-16(18)31)32-26(37)39-11-12-6-4-3-5-7-12/h3-10,19H,2,11H2,1H3,(H,32,37). The molecule has 0 bridgehead atoms. The van der Waals surface area contributed by atoms with Gasteiger partial charge < -0.3 is 9.47 Å². The molecule has 2 amide bonds. The largest absolute Gasteiger partial charge is 0.465 e.